The van der Waals surface area contributed by atoms with Gasteiger partial charge in [0.2, 0.25) is 21.8 Å². The van der Waals surface area contributed by atoms with Crippen LogP contribution in [0.5, 0.6) is 11.5 Å². The van der Waals surface area contributed by atoms with Gasteiger partial charge < -0.3 is 19.7 Å². The fourth-order valence-electron chi connectivity index (χ4n) is 4.42. The van der Waals surface area contributed by atoms with E-state index in [2.05, 4.69) is 5.32 Å². The summed E-state index contributed by atoms with van der Waals surface area (Å²) >= 11 is 0. The van der Waals surface area contributed by atoms with Crippen molar-refractivity contribution in [2.75, 3.05) is 30.8 Å². The average molecular weight is 596 g/mol. The Kier molecular flexibility index (Phi) is 12.2. The van der Waals surface area contributed by atoms with Crippen molar-refractivity contribution in [2.24, 2.45) is 0 Å². The van der Waals surface area contributed by atoms with Gasteiger partial charge in [0, 0.05) is 13.1 Å². The van der Waals surface area contributed by atoms with Crippen LogP contribution in [0.15, 0.2) is 78.9 Å². The Hall–Kier alpha value is -4.05. The SMILES string of the molecule is CCCCNC(=O)[C@H](CC)N(Cc1ccc(OC)cc1)C(=O)CN(c1ccc(OCc2ccccc2)cc1)S(C)(=O)=O. The fourth-order valence-corrected chi connectivity index (χ4v) is 5.27. The molecule has 1 N–H and O–H groups in total. The number of rotatable bonds is 16. The van der Waals surface area contributed by atoms with Gasteiger partial charge in [0.05, 0.1) is 19.1 Å². The minimum absolute atomic E-state index is 0.131. The maximum Gasteiger partial charge on any atom is 0.244 e. The van der Waals surface area contributed by atoms with Crippen LogP contribution in [0.3, 0.4) is 0 Å². The third kappa shape index (κ3) is 9.51. The molecule has 0 saturated heterocycles. The molecule has 3 aromatic carbocycles. The molecule has 0 aromatic heterocycles. The predicted molar refractivity (Wildman–Crippen MR) is 165 cm³/mol. The summed E-state index contributed by atoms with van der Waals surface area (Å²) in [5.74, 6) is 0.482. The quantitative estimate of drug-likeness (QED) is 0.239. The van der Waals surface area contributed by atoms with Crippen molar-refractivity contribution in [1.82, 2.24) is 10.2 Å². The number of ether oxygens (including phenoxy) is 2. The highest BCUT2D eigenvalue weighted by atomic mass is 32.2. The molecule has 3 aromatic rings. The second-order valence-electron chi connectivity index (χ2n) is 9.98. The zero-order chi connectivity index (χ0) is 30.5. The molecule has 226 valence electrons. The third-order valence-electron chi connectivity index (χ3n) is 6.78. The molecule has 0 heterocycles. The van der Waals surface area contributed by atoms with Crippen molar-refractivity contribution < 1.29 is 27.5 Å². The molecular formula is C32H41N3O6S. The van der Waals surface area contributed by atoms with Gasteiger partial charge in [0.15, 0.2) is 0 Å². The number of nitrogens with one attached hydrogen (secondary N) is 1. The lowest BCUT2D eigenvalue weighted by atomic mass is 10.1. The summed E-state index contributed by atoms with van der Waals surface area (Å²) in [4.78, 5) is 28.5. The summed E-state index contributed by atoms with van der Waals surface area (Å²) in [6, 6.07) is 22.7. The summed E-state index contributed by atoms with van der Waals surface area (Å²) in [5.41, 5.74) is 2.11. The lowest BCUT2D eigenvalue weighted by Crippen LogP contribution is -2.52. The molecule has 0 fully saturated rings. The molecule has 10 heteroatoms. The van der Waals surface area contributed by atoms with Gasteiger partial charge in [-0.15, -0.1) is 0 Å². The van der Waals surface area contributed by atoms with Crippen LogP contribution in [0.25, 0.3) is 0 Å². The van der Waals surface area contributed by atoms with Gasteiger partial charge >= 0.3 is 0 Å². The fraction of sp³-hybridized carbons (Fsp3) is 0.375. The number of nitrogens with zero attached hydrogens (tertiary/aromatic N) is 2. The minimum Gasteiger partial charge on any atom is -0.497 e. The Morgan fingerprint density at radius 3 is 2.10 bits per heavy atom. The molecule has 0 unspecified atom stereocenters. The van der Waals surface area contributed by atoms with E-state index < -0.39 is 28.5 Å². The molecule has 0 spiro atoms. The van der Waals surface area contributed by atoms with Crippen molar-refractivity contribution >= 4 is 27.5 Å². The first-order valence-corrected chi connectivity index (χ1v) is 16.0. The molecule has 0 saturated carbocycles. The highest BCUT2D eigenvalue weighted by Crippen LogP contribution is 2.24. The van der Waals surface area contributed by atoms with Gasteiger partial charge in [0.25, 0.3) is 0 Å². The highest BCUT2D eigenvalue weighted by Gasteiger charge is 2.31. The van der Waals surface area contributed by atoms with Crippen LogP contribution >= 0.6 is 0 Å². The number of sulfonamides is 1. The number of unbranched alkanes of at least 4 members (excludes halogenated alkanes) is 1. The number of hydrogen-bond donors (Lipinski definition) is 1. The van der Waals surface area contributed by atoms with E-state index in [9.17, 15) is 18.0 Å². The van der Waals surface area contributed by atoms with Gasteiger partial charge in [-0.3, -0.25) is 13.9 Å². The van der Waals surface area contributed by atoms with Gasteiger partial charge in [0.1, 0.15) is 30.7 Å². The first-order valence-electron chi connectivity index (χ1n) is 14.1. The average Bonchev–Trinajstić information content (AvgIpc) is 2.99. The zero-order valence-corrected chi connectivity index (χ0v) is 25.6. The van der Waals surface area contributed by atoms with E-state index in [-0.39, 0.29) is 12.5 Å². The molecule has 0 aliphatic heterocycles. The Balaban J connectivity index is 1.84. The standard InChI is InChI=1S/C32H41N3O6S/c1-5-7-21-33-32(37)30(6-2)34(22-25-13-17-28(40-3)18-14-25)31(36)23-35(42(4,38)39)27-15-19-29(20-16-27)41-24-26-11-9-8-10-12-26/h8-20,30H,5-7,21-24H2,1-4H3,(H,33,37)/t30-/m0/s1. The smallest absolute Gasteiger partial charge is 0.244 e. The molecule has 0 aliphatic rings. The van der Waals surface area contributed by atoms with Crippen LogP contribution in [-0.2, 0) is 32.8 Å². The van der Waals surface area contributed by atoms with Gasteiger partial charge in [-0.1, -0.05) is 62.7 Å². The van der Waals surface area contributed by atoms with E-state index in [0.717, 1.165) is 34.5 Å². The second kappa shape index (κ2) is 15.8. The summed E-state index contributed by atoms with van der Waals surface area (Å²) in [6.07, 6.45) is 3.17. The molecule has 1 atom stereocenters. The molecular weight excluding hydrogens is 554 g/mol. The zero-order valence-electron chi connectivity index (χ0n) is 24.8. The van der Waals surface area contributed by atoms with E-state index in [1.807, 2.05) is 56.3 Å². The van der Waals surface area contributed by atoms with E-state index in [4.69, 9.17) is 9.47 Å². The predicted octanol–water partition coefficient (Wildman–Crippen LogP) is 4.76. The van der Waals surface area contributed by atoms with Crippen molar-refractivity contribution in [3.63, 3.8) is 0 Å². The summed E-state index contributed by atoms with van der Waals surface area (Å²) in [7, 11) is -2.27. The lowest BCUT2D eigenvalue weighted by Gasteiger charge is -2.33. The topological polar surface area (TPSA) is 105 Å². The van der Waals surface area contributed by atoms with Crippen LogP contribution in [-0.4, -0.2) is 57.6 Å². The monoisotopic (exact) mass is 595 g/mol. The van der Waals surface area contributed by atoms with Crippen molar-refractivity contribution in [1.29, 1.82) is 0 Å². The summed E-state index contributed by atoms with van der Waals surface area (Å²) in [5, 5.41) is 2.92. The number of anilines is 1. The van der Waals surface area contributed by atoms with Gasteiger partial charge in [-0.25, -0.2) is 8.42 Å². The van der Waals surface area contributed by atoms with Crippen LogP contribution in [0.4, 0.5) is 5.69 Å². The van der Waals surface area contributed by atoms with Gasteiger partial charge in [-0.2, -0.15) is 0 Å². The number of methoxy groups -OCH3 is 1. The first kappa shape index (κ1) is 32.5. The van der Waals surface area contributed by atoms with Crippen LogP contribution < -0.4 is 19.1 Å². The Labute approximate surface area is 249 Å². The van der Waals surface area contributed by atoms with Crippen molar-refractivity contribution in [2.45, 2.75) is 52.3 Å². The number of carbonyl (C=O) groups is 2. The number of benzene rings is 3. The van der Waals surface area contributed by atoms with Crippen LogP contribution in [0, 0.1) is 0 Å². The maximum atomic E-state index is 13.9. The lowest BCUT2D eigenvalue weighted by molar-refractivity contribution is -0.140. The normalized spacial score (nSPS) is 11.8. The minimum atomic E-state index is -3.84. The number of carbonyl (C=O) groups excluding carboxylic acids is 2. The summed E-state index contributed by atoms with van der Waals surface area (Å²) in [6.45, 7) is 4.41. The molecule has 0 aliphatic carbocycles. The maximum absolute atomic E-state index is 13.9. The Bertz CT molecular complexity index is 1380. The number of amides is 2. The first-order chi connectivity index (χ1) is 20.2. The van der Waals surface area contributed by atoms with E-state index in [0.29, 0.717) is 36.8 Å². The molecule has 0 bridgehead atoms. The molecule has 2 amide bonds. The molecule has 9 nitrogen and oxygen atoms in total. The van der Waals surface area contributed by atoms with Gasteiger partial charge in [-0.05, 0) is 60.4 Å². The van der Waals surface area contributed by atoms with Crippen LogP contribution in [0.2, 0.25) is 0 Å². The Morgan fingerprint density at radius 2 is 1.52 bits per heavy atom. The van der Waals surface area contributed by atoms with E-state index in [1.165, 1.54) is 4.90 Å². The largest absolute Gasteiger partial charge is 0.497 e. The Morgan fingerprint density at radius 1 is 0.881 bits per heavy atom. The molecule has 3 rings (SSSR count). The van der Waals surface area contributed by atoms with Crippen molar-refractivity contribution in [3.8, 4) is 11.5 Å². The van der Waals surface area contributed by atoms with Crippen LogP contribution in [0.1, 0.15) is 44.2 Å². The number of hydrogen-bond acceptors (Lipinski definition) is 6. The second-order valence-corrected chi connectivity index (χ2v) is 11.9. The third-order valence-corrected chi connectivity index (χ3v) is 7.92. The molecule has 42 heavy (non-hydrogen) atoms. The van der Waals surface area contributed by atoms with Crippen molar-refractivity contribution in [3.05, 3.63) is 90.0 Å². The summed E-state index contributed by atoms with van der Waals surface area (Å²) < 4.78 is 37.9. The highest BCUT2D eigenvalue weighted by molar-refractivity contribution is 7.92. The van der Waals surface area contributed by atoms with E-state index in [1.54, 1.807) is 43.5 Å². The molecule has 0 radical (unpaired) electrons. The van der Waals surface area contributed by atoms with E-state index >= 15 is 0 Å².